The van der Waals surface area contributed by atoms with Crippen LogP contribution in [0.2, 0.25) is 0 Å². The molecular weight excluding hydrogens is 274 g/mol. The molecule has 2 aromatic rings. The van der Waals surface area contributed by atoms with Crippen LogP contribution >= 0.6 is 0 Å². The summed E-state index contributed by atoms with van der Waals surface area (Å²) in [5, 5.41) is 7.62. The highest BCUT2D eigenvalue weighted by Gasteiger charge is 2.23. The van der Waals surface area contributed by atoms with Crippen molar-refractivity contribution in [2.24, 2.45) is 5.73 Å². The molecule has 0 bridgehead atoms. The van der Waals surface area contributed by atoms with Gasteiger partial charge in [-0.1, -0.05) is 38.5 Å². The summed E-state index contributed by atoms with van der Waals surface area (Å²) in [5.74, 6) is 0.959. The van der Waals surface area contributed by atoms with Crippen LogP contribution in [0.4, 0.5) is 0 Å². The highest BCUT2D eigenvalue weighted by Crippen LogP contribution is 2.33. The molecule has 0 saturated heterocycles. The van der Waals surface area contributed by atoms with E-state index in [2.05, 4.69) is 56.1 Å². The van der Waals surface area contributed by atoms with Crippen molar-refractivity contribution in [2.45, 2.75) is 46.0 Å². The number of nitrogens with one attached hydrogen (secondary N) is 1. The predicted octanol–water partition coefficient (Wildman–Crippen LogP) is 3.50. The van der Waals surface area contributed by atoms with Crippen molar-refractivity contribution in [1.82, 2.24) is 10.2 Å². The van der Waals surface area contributed by atoms with Crippen molar-refractivity contribution in [3.63, 3.8) is 0 Å². The predicted molar refractivity (Wildman–Crippen MR) is 90.5 cm³/mol. The molecule has 1 atom stereocenters. The summed E-state index contributed by atoms with van der Waals surface area (Å²) < 4.78 is 5.78. The van der Waals surface area contributed by atoms with Crippen LogP contribution < -0.4 is 10.5 Å². The van der Waals surface area contributed by atoms with Gasteiger partial charge in [-0.15, -0.1) is 0 Å². The third kappa shape index (κ3) is 3.50. The molecule has 0 aliphatic heterocycles. The summed E-state index contributed by atoms with van der Waals surface area (Å²) in [6.45, 7) is 11.7. The van der Waals surface area contributed by atoms with Gasteiger partial charge in [-0.2, -0.15) is 5.10 Å². The van der Waals surface area contributed by atoms with Crippen LogP contribution in [0.1, 0.15) is 56.1 Å². The first-order chi connectivity index (χ1) is 10.4. The van der Waals surface area contributed by atoms with Crippen molar-refractivity contribution in [3.05, 3.63) is 46.8 Å². The Morgan fingerprint density at radius 3 is 2.55 bits per heavy atom. The second-order valence-corrected chi connectivity index (χ2v) is 6.72. The van der Waals surface area contributed by atoms with Crippen LogP contribution in [0, 0.1) is 6.92 Å². The quantitative estimate of drug-likeness (QED) is 0.888. The molecule has 1 heterocycles. The monoisotopic (exact) mass is 301 g/mol. The summed E-state index contributed by atoms with van der Waals surface area (Å²) in [6.07, 6.45) is 0. The number of H-pyrrole nitrogens is 1. The molecule has 0 aliphatic rings. The molecule has 4 nitrogen and oxygen atoms in total. The Bertz CT molecular complexity index is 626. The van der Waals surface area contributed by atoms with E-state index in [1.54, 1.807) is 0 Å². The third-order valence-corrected chi connectivity index (χ3v) is 3.82. The number of hydrogen-bond acceptors (Lipinski definition) is 3. The maximum absolute atomic E-state index is 6.07. The van der Waals surface area contributed by atoms with Gasteiger partial charge in [0.2, 0.25) is 0 Å². The summed E-state index contributed by atoms with van der Waals surface area (Å²) in [6, 6.07) is 8.36. The molecule has 1 aromatic heterocycles. The lowest BCUT2D eigenvalue weighted by molar-refractivity contribution is 0.335. The summed E-state index contributed by atoms with van der Waals surface area (Å²) in [7, 11) is 0. The smallest absolute Gasteiger partial charge is 0.123 e. The first-order valence-corrected chi connectivity index (χ1v) is 7.86. The van der Waals surface area contributed by atoms with E-state index in [1.165, 1.54) is 5.56 Å². The molecule has 2 rings (SSSR count). The van der Waals surface area contributed by atoms with Gasteiger partial charge >= 0.3 is 0 Å². The van der Waals surface area contributed by atoms with E-state index in [1.807, 2.05) is 13.0 Å². The molecule has 0 fully saturated rings. The largest absolute Gasteiger partial charge is 0.494 e. The molecule has 3 N–H and O–H groups in total. The lowest BCUT2D eigenvalue weighted by atomic mass is 9.89. The van der Waals surface area contributed by atoms with E-state index in [0.717, 1.165) is 22.7 Å². The summed E-state index contributed by atoms with van der Waals surface area (Å²) in [4.78, 5) is 0. The number of rotatable bonds is 5. The Kier molecular flexibility index (Phi) is 4.91. The van der Waals surface area contributed by atoms with Crippen LogP contribution in [0.25, 0.3) is 0 Å². The van der Waals surface area contributed by atoms with Gasteiger partial charge < -0.3 is 10.5 Å². The Morgan fingerprint density at radius 2 is 2.00 bits per heavy atom. The SMILES string of the molecule is CCOc1ccc(C)cc1C(CN)c1cc(C(C)(C)C)n[nH]1. The number of nitrogens with two attached hydrogens (primary N) is 1. The van der Waals surface area contributed by atoms with Gasteiger partial charge in [0.1, 0.15) is 5.75 Å². The van der Waals surface area contributed by atoms with Crippen molar-refractivity contribution in [1.29, 1.82) is 0 Å². The third-order valence-electron chi connectivity index (χ3n) is 3.82. The average molecular weight is 301 g/mol. The minimum absolute atomic E-state index is 0.0171. The zero-order chi connectivity index (χ0) is 16.3. The second kappa shape index (κ2) is 6.53. The lowest BCUT2D eigenvalue weighted by Crippen LogP contribution is -2.16. The van der Waals surface area contributed by atoms with E-state index < -0.39 is 0 Å². The number of aromatic nitrogens is 2. The van der Waals surface area contributed by atoms with Gasteiger partial charge in [0.25, 0.3) is 0 Å². The van der Waals surface area contributed by atoms with Gasteiger partial charge in [0.15, 0.2) is 0 Å². The van der Waals surface area contributed by atoms with Gasteiger partial charge in [-0.3, -0.25) is 5.10 Å². The minimum Gasteiger partial charge on any atom is -0.494 e. The first kappa shape index (κ1) is 16.6. The van der Waals surface area contributed by atoms with E-state index >= 15 is 0 Å². The molecule has 0 spiro atoms. The van der Waals surface area contributed by atoms with E-state index in [-0.39, 0.29) is 11.3 Å². The number of ether oxygens (including phenoxy) is 1. The fourth-order valence-electron chi connectivity index (χ4n) is 2.55. The van der Waals surface area contributed by atoms with E-state index in [0.29, 0.717) is 13.2 Å². The second-order valence-electron chi connectivity index (χ2n) is 6.72. The van der Waals surface area contributed by atoms with Crippen LogP contribution in [-0.2, 0) is 5.41 Å². The van der Waals surface area contributed by atoms with E-state index in [9.17, 15) is 0 Å². The molecule has 0 saturated carbocycles. The average Bonchev–Trinajstić information content (AvgIpc) is 2.92. The maximum Gasteiger partial charge on any atom is 0.123 e. The van der Waals surface area contributed by atoms with Crippen LogP contribution in [-0.4, -0.2) is 23.3 Å². The lowest BCUT2D eigenvalue weighted by Gasteiger charge is -2.19. The number of benzene rings is 1. The zero-order valence-corrected chi connectivity index (χ0v) is 14.2. The first-order valence-electron chi connectivity index (χ1n) is 7.86. The molecule has 120 valence electrons. The Balaban J connectivity index is 2.44. The fourth-order valence-corrected chi connectivity index (χ4v) is 2.55. The normalized spacial score (nSPS) is 13.2. The minimum atomic E-state index is 0.0171. The van der Waals surface area contributed by atoms with Crippen molar-refractivity contribution >= 4 is 0 Å². The van der Waals surface area contributed by atoms with Gasteiger partial charge in [-0.05, 0) is 26.0 Å². The van der Waals surface area contributed by atoms with E-state index in [4.69, 9.17) is 10.5 Å². The highest BCUT2D eigenvalue weighted by atomic mass is 16.5. The summed E-state index contributed by atoms with van der Waals surface area (Å²) in [5.41, 5.74) is 10.5. The Hall–Kier alpha value is -1.81. The van der Waals surface area contributed by atoms with Crippen molar-refractivity contribution in [3.8, 4) is 5.75 Å². The Morgan fingerprint density at radius 1 is 1.27 bits per heavy atom. The molecule has 4 heteroatoms. The molecular formula is C18H27N3O. The van der Waals surface area contributed by atoms with Gasteiger partial charge in [0.05, 0.1) is 12.3 Å². The molecule has 1 aromatic carbocycles. The Labute approximate surface area is 133 Å². The van der Waals surface area contributed by atoms with Crippen molar-refractivity contribution in [2.75, 3.05) is 13.2 Å². The van der Waals surface area contributed by atoms with Crippen molar-refractivity contribution < 1.29 is 4.74 Å². The van der Waals surface area contributed by atoms with Gasteiger partial charge in [0, 0.05) is 29.1 Å². The molecule has 0 aliphatic carbocycles. The fraction of sp³-hybridized carbons (Fsp3) is 0.500. The molecule has 22 heavy (non-hydrogen) atoms. The number of nitrogens with zero attached hydrogens (tertiary/aromatic N) is 1. The van der Waals surface area contributed by atoms with Crippen LogP contribution in [0.3, 0.4) is 0 Å². The number of hydrogen-bond donors (Lipinski definition) is 2. The van der Waals surface area contributed by atoms with Crippen LogP contribution in [0.15, 0.2) is 24.3 Å². The molecule has 1 unspecified atom stereocenters. The zero-order valence-electron chi connectivity index (χ0n) is 14.2. The highest BCUT2D eigenvalue weighted by molar-refractivity contribution is 5.43. The van der Waals surface area contributed by atoms with Crippen LogP contribution in [0.5, 0.6) is 5.75 Å². The number of aromatic amines is 1. The standard InChI is InChI=1S/C18H27N3O/c1-6-22-16-8-7-12(2)9-13(16)14(11-19)15-10-17(21-20-15)18(3,4)5/h7-10,14H,6,11,19H2,1-5H3,(H,20,21). The number of aryl methyl sites for hydroxylation is 1. The molecule has 0 amide bonds. The maximum atomic E-state index is 6.07. The summed E-state index contributed by atoms with van der Waals surface area (Å²) >= 11 is 0. The topological polar surface area (TPSA) is 63.9 Å². The van der Waals surface area contributed by atoms with Gasteiger partial charge in [-0.25, -0.2) is 0 Å². The molecule has 0 radical (unpaired) electrons.